The molecule has 1 aromatic rings. The first-order valence-corrected chi connectivity index (χ1v) is 7.21. The lowest BCUT2D eigenvalue weighted by Gasteiger charge is -2.18. The number of ether oxygens (including phenoxy) is 2. The predicted molar refractivity (Wildman–Crippen MR) is 71.3 cm³/mol. The number of carbonyl (C=O) groups is 1. The van der Waals surface area contributed by atoms with Gasteiger partial charge in [0.25, 0.3) is 0 Å². The fraction of sp³-hybridized carbons (Fsp3) is 0.786. The van der Waals surface area contributed by atoms with Crippen molar-refractivity contribution >= 4 is 5.97 Å². The van der Waals surface area contributed by atoms with E-state index in [1.165, 1.54) is 0 Å². The van der Waals surface area contributed by atoms with E-state index in [-0.39, 0.29) is 17.8 Å². The minimum absolute atomic E-state index is 0.0528. The molecule has 0 spiro atoms. The number of nitrogens with zero attached hydrogens (tertiary/aromatic N) is 2. The summed E-state index contributed by atoms with van der Waals surface area (Å²) in [5, 5.41) is 4.04. The van der Waals surface area contributed by atoms with Crippen LogP contribution in [0.2, 0.25) is 0 Å². The SMILES string of the molecule is CCOC(=O)C(c1nc(C2CCOCC2)no1)C(C)C. The molecule has 2 heterocycles. The molecule has 0 radical (unpaired) electrons. The number of carbonyl (C=O) groups excluding carboxylic acids is 1. The predicted octanol–water partition coefficient (Wildman–Crippen LogP) is 2.27. The highest BCUT2D eigenvalue weighted by molar-refractivity contribution is 5.77. The van der Waals surface area contributed by atoms with E-state index in [2.05, 4.69) is 10.1 Å². The molecule has 1 unspecified atom stereocenters. The van der Waals surface area contributed by atoms with Crippen LogP contribution in [0.3, 0.4) is 0 Å². The van der Waals surface area contributed by atoms with E-state index >= 15 is 0 Å². The molecule has 1 atom stereocenters. The Balaban J connectivity index is 2.13. The number of hydrogen-bond donors (Lipinski definition) is 0. The zero-order chi connectivity index (χ0) is 14.5. The van der Waals surface area contributed by atoms with Crippen LogP contribution < -0.4 is 0 Å². The van der Waals surface area contributed by atoms with Crippen molar-refractivity contribution in [2.24, 2.45) is 5.92 Å². The van der Waals surface area contributed by atoms with Crippen LogP contribution >= 0.6 is 0 Å². The highest BCUT2D eigenvalue weighted by Crippen LogP contribution is 2.29. The molecule has 1 aliphatic heterocycles. The normalized spacial score (nSPS) is 18.2. The first kappa shape index (κ1) is 15.0. The second-order valence-corrected chi connectivity index (χ2v) is 5.35. The third-order valence-corrected chi connectivity index (χ3v) is 3.52. The van der Waals surface area contributed by atoms with Crippen molar-refractivity contribution in [3.05, 3.63) is 11.7 Å². The summed E-state index contributed by atoms with van der Waals surface area (Å²) in [5.74, 6) is 0.562. The van der Waals surface area contributed by atoms with Gasteiger partial charge >= 0.3 is 5.97 Å². The van der Waals surface area contributed by atoms with Crippen molar-refractivity contribution in [3.8, 4) is 0 Å². The third kappa shape index (κ3) is 3.36. The fourth-order valence-electron chi connectivity index (χ4n) is 2.39. The summed E-state index contributed by atoms with van der Waals surface area (Å²) in [6.07, 6.45) is 1.79. The van der Waals surface area contributed by atoms with Gasteiger partial charge in [0.2, 0.25) is 5.89 Å². The minimum atomic E-state index is -0.490. The first-order valence-electron chi connectivity index (χ1n) is 7.21. The van der Waals surface area contributed by atoms with Gasteiger partial charge in [0.1, 0.15) is 5.92 Å². The molecule has 20 heavy (non-hydrogen) atoms. The van der Waals surface area contributed by atoms with Gasteiger partial charge in [-0.1, -0.05) is 19.0 Å². The minimum Gasteiger partial charge on any atom is -0.465 e. The molecule has 0 amide bonds. The maximum absolute atomic E-state index is 12.0. The summed E-state index contributed by atoms with van der Waals surface area (Å²) >= 11 is 0. The molecule has 112 valence electrons. The van der Waals surface area contributed by atoms with Crippen molar-refractivity contribution in [1.29, 1.82) is 0 Å². The summed E-state index contributed by atoms with van der Waals surface area (Å²) < 4.78 is 15.7. The van der Waals surface area contributed by atoms with Crippen molar-refractivity contribution in [2.45, 2.75) is 45.4 Å². The van der Waals surface area contributed by atoms with E-state index in [4.69, 9.17) is 14.0 Å². The summed E-state index contributed by atoms with van der Waals surface area (Å²) in [6, 6.07) is 0. The van der Waals surface area contributed by atoms with Crippen molar-refractivity contribution in [2.75, 3.05) is 19.8 Å². The van der Waals surface area contributed by atoms with Crippen LogP contribution in [-0.4, -0.2) is 35.9 Å². The van der Waals surface area contributed by atoms with E-state index in [1.807, 2.05) is 13.8 Å². The van der Waals surface area contributed by atoms with Crippen molar-refractivity contribution in [1.82, 2.24) is 10.1 Å². The number of aromatic nitrogens is 2. The number of rotatable bonds is 5. The molecule has 0 N–H and O–H groups in total. The van der Waals surface area contributed by atoms with E-state index in [1.54, 1.807) is 6.92 Å². The van der Waals surface area contributed by atoms with Gasteiger partial charge in [-0.2, -0.15) is 4.98 Å². The summed E-state index contributed by atoms with van der Waals surface area (Å²) in [5.41, 5.74) is 0. The average molecular weight is 282 g/mol. The molecule has 2 rings (SSSR count). The second-order valence-electron chi connectivity index (χ2n) is 5.35. The Hall–Kier alpha value is -1.43. The van der Waals surface area contributed by atoms with Gasteiger partial charge in [0.05, 0.1) is 6.61 Å². The zero-order valence-electron chi connectivity index (χ0n) is 12.3. The maximum atomic E-state index is 12.0. The Morgan fingerprint density at radius 3 is 2.70 bits per heavy atom. The molecule has 1 fully saturated rings. The quantitative estimate of drug-likeness (QED) is 0.771. The van der Waals surface area contributed by atoms with Gasteiger partial charge in [0.15, 0.2) is 5.82 Å². The highest BCUT2D eigenvalue weighted by Gasteiger charge is 2.32. The molecule has 1 aliphatic rings. The van der Waals surface area contributed by atoms with Gasteiger partial charge < -0.3 is 14.0 Å². The molecular weight excluding hydrogens is 260 g/mol. The molecule has 0 aromatic carbocycles. The molecule has 6 nitrogen and oxygen atoms in total. The summed E-state index contributed by atoms with van der Waals surface area (Å²) in [7, 11) is 0. The fourth-order valence-corrected chi connectivity index (χ4v) is 2.39. The Morgan fingerprint density at radius 1 is 1.40 bits per heavy atom. The first-order chi connectivity index (χ1) is 9.63. The molecular formula is C14H22N2O4. The van der Waals surface area contributed by atoms with Crippen molar-refractivity contribution in [3.63, 3.8) is 0 Å². The zero-order valence-corrected chi connectivity index (χ0v) is 12.3. The Morgan fingerprint density at radius 2 is 2.10 bits per heavy atom. The Bertz CT molecular complexity index is 438. The summed E-state index contributed by atoms with van der Waals surface area (Å²) in [4.78, 5) is 16.4. The third-order valence-electron chi connectivity index (χ3n) is 3.52. The second kappa shape index (κ2) is 6.83. The van der Waals surface area contributed by atoms with Crippen LogP contribution in [0.4, 0.5) is 0 Å². The molecule has 0 aliphatic carbocycles. The average Bonchev–Trinajstić information content (AvgIpc) is 2.89. The monoisotopic (exact) mass is 282 g/mol. The Kier molecular flexibility index (Phi) is 5.11. The smallest absolute Gasteiger partial charge is 0.318 e. The lowest BCUT2D eigenvalue weighted by atomic mass is 9.95. The van der Waals surface area contributed by atoms with Crippen molar-refractivity contribution < 1.29 is 18.8 Å². The van der Waals surface area contributed by atoms with Crippen LogP contribution in [0.25, 0.3) is 0 Å². The van der Waals surface area contributed by atoms with Crippen LogP contribution in [0, 0.1) is 5.92 Å². The Labute approximate surface area is 118 Å². The van der Waals surface area contributed by atoms with E-state index < -0.39 is 5.92 Å². The lowest BCUT2D eigenvalue weighted by Crippen LogP contribution is -2.21. The standard InChI is InChI=1S/C14H22N2O4/c1-4-19-14(17)11(9(2)3)13-15-12(16-20-13)10-5-7-18-8-6-10/h9-11H,4-8H2,1-3H3. The van der Waals surface area contributed by atoms with Crippen LogP contribution in [0.5, 0.6) is 0 Å². The van der Waals surface area contributed by atoms with E-state index in [9.17, 15) is 4.79 Å². The number of hydrogen-bond acceptors (Lipinski definition) is 6. The van der Waals surface area contributed by atoms with Gasteiger partial charge in [0, 0.05) is 19.1 Å². The van der Waals surface area contributed by atoms with Crippen LogP contribution in [0.15, 0.2) is 4.52 Å². The van der Waals surface area contributed by atoms with Gasteiger partial charge in [-0.3, -0.25) is 4.79 Å². The van der Waals surface area contributed by atoms with Gasteiger partial charge in [-0.15, -0.1) is 0 Å². The summed E-state index contributed by atoms with van der Waals surface area (Å²) in [6.45, 7) is 7.47. The molecule has 0 saturated carbocycles. The lowest BCUT2D eigenvalue weighted by molar-refractivity contribution is -0.146. The van der Waals surface area contributed by atoms with Crippen LogP contribution in [-0.2, 0) is 14.3 Å². The molecule has 0 bridgehead atoms. The largest absolute Gasteiger partial charge is 0.465 e. The van der Waals surface area contributed by atoms with Crippen LogP contribution in [0.1, 0.15) is 57.2 Å². The maximum Gasteiger partial charge on any atom is 0.318 e. The van der Waals surface area contributed by atoms with Gasteiger partial charge in [-0.05, 0) is 25.7 Å². The molecule has 1 saturated heterocycles. The topological polar surface area (TPSA) is 74.5 Å². The van der Waals surface area contributed by atoms with E-state index in [0.717, 1.165) is 26.1 Å². The van der Waals surface area contributed by atoms with E-state index in [0.29, 0.717) is 18.3 Å². The molecule has 6 heteroatoms. The highest BCUT2D eigenvalue weighted by atomic mass is 16.5. The number of esters is 1. The van der Waals surface area contributed by atoms with Gasteiger partial charge in [-0.25, -0.2) is 0 Å². The molecule has 1 aromatic heterocycles.